The van der Waals surface area contributed by atoms with Crippen molar-refractivity contribution in [1.29, 1.82) is 0 Å². The molecule has 0 aromatic carbocycles. The van der Waals surface area contributed by atoms with E-state index >= 15 is 0 Å². The molecule has 1 aliphatic carbocycles. The molecule has 0 amide bonds. The summed E-state index contributed by atoms with van der Waals surface area (Å²) in [5, 5.41) is 12.1. The molecule has 0 radical (unpaired) electrons. The largest absolute Gasteiger partial charge is 0.393 e. The topological polar surface area (TPSA) is 32.3 Å². The van der Waals surface area contributed by atoms with Gasteiger partial charge < -0.3 is 10.4 Å². The van der Waals surface area contributed by atoms with Crippen molar-refractivity contribution in [2.24, 2.45) is 0 Å². The Kier molecular flexibility index (Phi) is 1.86. The zero-order valence-corrected chi connectivity index (χ0v) is 5.22. The molecule has 0 spiro atoms. The van der Waals surface area contributed by atoms with Gasteiger partial charge in [-0.2, -0.15) is 0 Å². The molecule has 0 aliphatic heterocycles. The van der Waals surface area contributed by atoms with Crippen molar-refractivity contribution in [3.05, 3.63) is 0 Å². The van der Waals surface area contributed by atoms with Gasteiger partial charge >= 0.3 is 0 Å². The lowest BCUT2D eigenvalue weighted by Crippen LogP contribution is -2.21. The summed E-state index contributed by atoms with van der Waals surface area (Å²) in [4.78, 5) is 0. The van der Waals surface area contributed by atoms with Crippen molar-refractivity contribution in [2.75, 3.05) is 7.05 Å². The molecule has 2 heteroatoms. The average Bonchev–Trinajstić information content (AvgIpc) is 2.14. The van der Waals surface area contributed by atoms with E-state index in [0.29, 0.717) is 6.04 Å². The van der Waals surface area contributed by atoms with Gasteiger partial charge in [0.05, 0.1) is 6.10 Å². The van der Waals surface area contributed by atoms with Crippen LogP contribution in [0.25, 0.3) is 0 Å². The Morgan fingerprint density at radius 3 is 2.50 bits per heavy atom. The summed E-state index contributed by atoms with van der Waals surface area (Å²) in [7, 11) is 1.95. The van der Waals surface area contributed by atoms with Crippen molar-refractivity contribution < 1.29 is 5.11 Å². The molecule has 48 valence electrons. The summed E-state index contributed by atoms with van der Waals surface area (Å²) in [5.41, 5.74) is 0. The van der Waals surface area contributed by atoms with Crippen LogP contribution >= 0.6 is 0 Å². The molecule has 2 atom stereocenters. The second-order valence-corrected chi connectivity index (χ2v) is 2.45. The van der Waals surface area contributed by atoms with Gasteiger partial charge in [0.25, 0.3) is 0 Å². The average molecular weight is 115 g/mol. The van der Waals surface area contributed by atoms with Gasteiger partial charge in [-0.15, -0.1) is 0 Å². The quantitative estimate of drug-likeness (QED) is 0.508. The monoisotopic (exact) mass is 115 g/mol. The molecule has 8 heavy (non-hydrogen) atoms. The first kappa shape index (κ1) is 6.05. The Morgan fingerprint density at radius 1 is 1.50 bits per heavy atom. The number of rotatable bonds is 1. The molecule has 1 aliphatic rings. The summed E-state index contributed by atoms with van der Waals surface area (Å²) in [6.45, 7) is 0. The zero-order chi connectivity index (χ0) is 5.98. The van der Waals surface area contributed by atoms with Gasteiger partial charge in [0.2, 0.25) is 0 Å². The van der Waals surface area contributed by atoms with Crippen molar-refractivity contribution in [1.82, 2.24) is 5.32 Å². The predicted molar refractivity (Wildman–Crippen MR) is 32.7 cm³/mol. The Balaban J connectivity index is 2.22. The maximum Gasteiger partial charge on any atom is 0.0555 e. The predicted octanol–water partition coefficient (Wildman–Crippen LogP) is 0.119. The van der Waals surface area contributed by atoms with Crippen LogP contribution in [0.3, 0.4) is 0 Å². The van der Waals surface area contributed by atoms with Crippen LogP contribution in [-0.4, -0.2) is 24.3 Å². The van der Waals surface area contributed by atoms with Crippen LogP contribution < -0.4 is 5.32 Å². The molecule has 0 bridgehead atoms. The number of aliphatic hydroxyl groups is 1. The fraction of sp³-hybridized carbons (Fsp3) is 1.00. The summed E-state index contributed by atoms with van der Waals surface area (Å²) in [5.74, 6) is 0. The van der Waals surface area contributed by atoms with Crippen LogP contribution in [0.4, 0.5) is 0 Å². The van der Waals surface area contributed by atoms with E-state index in [9.17, 15) is 0 Å². The molecule has 0 saturated heterocycles. The molecule has 0 unspecified atom stereocenters. The van der Waals surface area contributed by atoms with Gasteiger partial charge in [-0.3, -0.25) is 0 Å². The molecule has 2 N–H and O–H groups in total. The van der Waals surface area contributed by atoms with Crippen molar-refractivity contribution in [3.8, 4) is 0 Å². The van der Waals surface area contributed by atoms with Gasteiger partial charge in [0, 0.05) is 6.04 Å². The Bertz CT molecular complexity index is 74.9. The first-order valence-electron chi connectivity index (χ1n) is 3.18. The number of aliphatic hydroxyl groups excluding tert-OH is 1. The van der Waals surface area contributed by atoms with E-state index in [4.69, 9.17) is 5.11 Å². The highest BCUT2D eigenvalue weighted by Crippen LogP contribution is 2.17. The standard InChI is InChI=1S/C6H13NO/c1-7-5-2-3-6(8)4-5/h5-8H,2-4H2,1H3/t5-,6+/m0/s1. The van der Waals surface area contributed by atoms with Crippen LogP contribution in [-0.2, 0) is 0 Å². The third-order valence-electron chi connectivity index (χ3n) is 1.81. The van der Waals surface area contributed by atoms with Crippen LogP contribution in [0.1, 0.15) is 19.3 Å². The molecule has 0 aromatic rings. The van der Waals surface area contributed by atoms with E-state index in [2.05, 4.69) is 5.32 Å². The lowest BCUT2D eigenvalue weighted by molar-refractivity contribution is 0.180. The number of nitrogens with one attached hydrogen (secondary N) is 1. The zero-order valence-electron chi connectivity index (χ0n) is 5.22. The summed E-state index contributed by atoms with van der Waals surface area (Å²) >= 11 is 0. The van der Waals surface area contributed by atoms with E-state index in [1.165, 1.54) is 0 Å². The van der Waals surface area contributed by atoms with Crippen LogP contribution in [0.2, 0.25) is 0 Å². The van der Waals surface area contributed by atoms with E-state index < -0.39 is 0 Å². The molecule has 0 aromatic heterocycles. The second kappa shape index (κ2) is 2.46. The summed E-state index contributed by atoms with van der Waals surface area (Å²) in [6, 6.07) is 0.574. The molecule has 1 fully saturated rings. The Hall–Kier alpha value is -0.0800. The minimum absolute atomic E-state index is 0.0348. The first-order valence-corrected chi connectivity index (χ1v) is 3.18. The van der Waals surface area contributed by atoms with Gasteiger partial charge in [-0.1, -0.05) is 0 Å². The fourth-order valence-corrected chi connectivity index (χ4v) is 1.22. The van der Waals surface area contributed by atoms with E-state index in [1.807, 2.05) is 7.05 Å². The summed E-state index contributed by atoms with van der Waals surface area (Å²) in [6.07, 6.45) is 3.02. The lowest BCUT2D eigenvalue weighted by Gasteiger charge is -2.04. The number of hydrogen-bond donors (Lipinski definition) is 2. The maximum absolute atomic E-state index is 8.99. The van der Waals surface area contributed by atoms with E-state index in [0.717, 1.165) is 19.3 Å². The third kappa shape index (κ3) is 1.20. The number of hydrogen-bond acceptors (Lipinski definition) is 2. The van der Waals surface area contributed by atoms with Gasteiger partial charge in [-0.25, -0.2) is 0 Å². The molecule has 0 heterocycles. The van der Waals surface area contributed by atoms with Crippen molar-refractivity contribution in [2.45, 2.75) is 31.4 Å². The first-order chi connectivity index (χ1) is 3.83. The SMILES string of the molecule is CN[C@H]1CC[C@@H](O)C1. The highest BCUT2D eigenvalue weighted by Gasteiger charge is 2.20. The third-order valence-corrected chi connectivity index (χ3v) is 1.81. The normalized spacial score (nSPS) is 38.2. The molecular weight excluding hydrogens is 102 g/mol. The van der Waals surface area contributed by atoms with E-state index in [-0.39, 0.29) is 6.10 Å². The van der Waals surface area contributed by atoms with E-state index in [1.54, 1.807) is 0 Å². The van der Waals surface area contributed by atoms with Gasteiger partial charge in [0.15, 0.2) is 0 Å². The van der Waals surface area contributed by atoms with Gasteiger partial charge in [0.1, 0.15) is 0 Å². The highest BCUT2D eigenvalue weighted by atomic mass is 16.3. The Labute approximate surface area is 49.9 Å². The molecule has 1 rings (SSSR count). The van der Waals surface area contributed by atoms with Crippen molar-refractivity contribution >= 4 is 0 Å². The minimum Gasteiger partial charge on any atom is -0.393 e. The van der Waals surface area contributed by atoms with Crippen LogP contribution in [0, 0.1) is 0 Å². The fourth-order valence-electron chi connectivity index (χ4n) is 1.22. The second-order valence-electron chi connectivity index (χ2n) is 2.45. The highest BCUT2D eigenvalue weighted by molar-refractivity contribution is 4.78. The molecule has 2 nitrogen and oxygen atoms in total. The van der Waals surface area contributed by atoms with Crippen LogP contribution in [0.15, 0.2) is 0 Å². The van der Waals surface area contributed by atoms with Gasteiger partial charge in [-0.05, 0) is 26.3 Å². The smallest absolute Gasteiger partial charge is 0.0555 e. The van der Waals surface area contributed by atoms with Crippen LogP contribution in [0.5, 0.6) is 0 Å². The lowest BCUT2D eigenvalue weighted by atomic mass is 10.2. The molecular formula is C6H13NO. The Morgan fingerprint density at radius 2 is 2.25 bits per heavy atom. The summed E-state index contributed by atoms with van der Waals surface area (Å²) < 4.78 is 0. The molecule has 1 saturated carbocycles. The minimum atomic E-state index is -0.0348. The van der Waals surface area contributed by atoms with Crippen molar-refractivity contribution in [3.63, 3.8) is 0 Å². The maximum atomic E-state index is 8.99.